The molecular weight excluding hydrogens is 801 g/mol. The number of unbranched alkanes of at least 4 members (excludes halogenated alkanes) is 12. The third-order valence-corrected chi connectivity index (χ3v) is 14.4. The molecule has 61 heavy (non-hydrogen) atoms. The first-order valence-corrected chi connectivity index (χ1v) is 28.8. The number of quaternary nitrogens is 3. The van der Waals surface area contributed by atoms with Crippen molar-refractivity contribution < 1.29 is 41.0 Å². The normalized spacial score (nSPS) is 15.7. The van der Waals surface area contributed by atoms with E-state index in [-0.39, 0.29) is 0 Å². The fourth-order valence-corrected chi connectivity index (χ4v) is 9.72. The Kier molecular flexibility index (Phi) is 49.6. The minimum atomic E-state index is -2.39. The lowest BCUT2D eigenvalue weighted by Crippen LogP contribution is -2.50. The number of aliphatic hydroxyl groups excluding tert-OH is 1. The van der Waals surface area contributed by atoms with Crippen molar-refractivity contribution in [2.24, 2.45) is 0 Å². The van der Waals surface area contributed by atoms with Gasteiger partial charge in [-0.15, -0.1) is 0 Å². The van der Waals surface area contributed by atoms with Crippen molar-refractivity contribution in [2.45, 2.75) is 243 Å². The minimum absolute atomic E-state index is 0.495. The van der Waals surface area contributed by atoms with E-state index in [0.29, 0.717) is 0 Å². The van der Waals surface area contributed by atoms with Gasteiger partial charge in [-0.3, -0.25) is 0 Å². The van der Waals surface area contributed by atoms with Gasteiger partial charge in [-0.1, -0.05) is 169 Å². The monoisotopic (exact) mass is 913 g/mol. The van der Waals surface area contributed by atoms with E-state index in [4.69, 9.17) is 5.11 Å². The van der Waals surface area contributed by atoms with Crippen molar-refractivity contribution in [3.05, 3.63) is 0 Å². The zero-order valence-electron chi connectivity index (χ0n) is 43.5. The molecule has 11 heteroatoms. The standard InChI is InChI=1S/3C16H36N.C2H4O6P2/c3*1-5-9-13-17(14-10-6-2,15-11-7-3)16-12-8-4;3-1-2-6-9(4)8-10(5)7-2/h3*5-16H2,1-4H3;2-3H,1H2/q3*+1;+2. The molecule has 1 rings (SSSR count). The van der Waals surface area contributed by atoms with Crippen molar-refractivity contribution in [1.29, 1.82) is 0 Å². The maximum absolute atomic E-state index is 10.4. The Bertz CT molecular complexity index is 733. The quantitative estimate of drug-likeness (QED) is 0.0494. The van der Waals surface area contributed by atoms with Crippen molar-refractivity contribution >= 4 is 16.5 Å². The highest BCUT2D eigenvalue weighted by Crippen LogP contribution is 2.47. The maximum Gasteiger partial charge on any atom is 0.750 e. The van der Waals surface area contributed by atoms with Gasteiger partial charge in [-0.25, -0.2) is 0 Å². The molecule has 1 aliphatic heterocycles. The van der Waals surface area contributed by atoms with Gasteiger partial charge in [0.1, 0.15) is 6.61 Å². The molecule has 0 saturated carbocycles. The zero-order valence-corrected chi connectivity index (χ0v) is 45.3. The summed E-state index contributed by atoms with van der Waals surface area (Å²) in [5.74, 6) is 0. The lowest BCUT2D eigenvalue weighted by atomic mass is 10.1. The molecule has 0 aromatic carbocycles. The van der Waals surface area contributed by atoms with Gasteiger partial charge in [0.2, 0.25) is 0 Å². The van der Waals surface area contributed by atoms with Crippen LogP contribution >= 0.6 is 16.5 Å². The number of aliphatic hydroxyl groups is 1. The summed E-state index contributed by atoms with van der Waals surface area (Å²) in [4.78, 5) is 0. The van der Waals surface area contributed by atoms with Crippen LogP contribution in [-0.2, 0) is 22.5 Å². The van der Waals surface area contributed by atoms with Crippen LogP contribution in [0.5, 0.6) is 0 Å². The lowest BCUT2D eigenvalue weighted by molar-refractivity contribution is -0.929. The fraction of sp³-hybridized carbons (Fsp3) is 1.00. The second-order valence-electron chi connectivity index (χ2n) is 18.3. The van der Waals surface area contributed by atoms with Crippen LogP contribution in [0, 0.1) is 0 Å². The van der Waals surface area contributed by atoms with E-state index in [1.165, 1.54) is 246 Å². The van der Waals surface area contributed by atoms with Crippen LogP contribution < -0.4 is 0 Å². The van der Waals surface area contributed by atoms with Gasteiger partial charge in [0.15, 0.2) is 4.31 Å². The van der Waals surface area contributed by atoms with Gasteiger partial charge in [-0.05, 0) is 77.0 Å². The third-order valence-electron chi connectivity index (χ3n) is 12.5. The molecule has 0 radical (unpaired) electrons. The lowest BCUT2D eigenvalue weighted by Gasteiger charge is -2.39. The molecule has 1 fully saturated rings. The molecule has 0 amide bonds. The molecule has 0 bridgehead atoms. The summed E-state index contributed by atoms with van der Waals surface area (Å²) in [5.41, 5.74) is 0. The molecule has 2 atom stereocenters. The summed E-state index contributed by atoms with van der Waals surface area (Å²) in [6, 6.07) is 0. The summed E-state index contributed by atoms with van der Waals surface area (Å²) >= 11 is 0. The molecule has 9 nitrogen and oxygen atoms in total. The van der Waals surface area contributed by atoms with Gasteiger partial charge in [0.05, 0.1) is 78.5 Å². The predicted octanol–water partition coefficient (Wildman–Crippen LogP) is 15.7. The van der Waals surface area contributed by atoms with Crippen LogP contribution in [0.2, 0.25) is 0 Å². The van der Waals surface area contributed by atoms with Crippen molar-refractivity contribution in [1.82, 2.24) is 0 Å². The van der Waals surface area contributed by atoms with Crippen molar-refractivity contribution in [3.63, 3.8) is 0 Å². The highest BCUT2D eigenvalue weighted by molar-refractivity contribution is 7.48. The van der Waals surface area contributed by atoms with Crippen LogP contribution in [0.4, 0.5) is 0 Å². The Balaban J connectivity index is -0.000000746. The molecule has 2 unspecified atom stereocenters. The molecule has 1 aliphatic rings. The van der Waals surface area contributed by atoms with Gasteiger partial charge in [-0.2, -0.15) is 0 Å². The fourth-order valence-electron chi connectivity index (χ4n) is 8.31. The zero-order chi connectivity index (χ0) is 46.5. The highest BCUT2D eigenvalue weighted by atomic mass is 31.2. The van der Waals surface area contributed by atoms with Gasteiger partial charge in [0.25, 0.3) is 6.29 Å². The third kappa shape index (κ3) is 36.8. The van der Waals surface area contributed by atoms with Crippen LogP contribution in [0.3, 0.4) is 0 Å². The summed E-state index contributed by atoms with van der Waals surface area (Å²) in [5, 5.41) is 8.36. The largest absolute Gasteiger partial charge is 0.750 e. The van der Waals surface area contributed by atoms with Crippen LogP contribution in [0.25, 0.3) is 0 Å². The highest BCUT2D eigenvalue weighted by Gasteiger charge is 2.51. The van der Waals surface area contributed by atoms with Crippen LogP contribution in [-0.4, -0.2) is 110 Å². The first kappa shape index (κ1) is 65.2. The number of rotatable bonds is 37. The van der Waals surface area contributed by atoms with Gasteiger partial charge >= 0.3 is 16.5 Å². The average Bonchev–Trinajstić information content (AvgIpc) is 3.27. The average molecular weight is 913 g/mol. The number of nitrogens with zero attached hydrogens (tertiary/aromatic N) is 3. The first-order chi connectivity index (χ1) is 29.4. The van der Waals surface area contributed by atoms with Gasteiger partial charge < -0.3 is 18.6 Å². The van der Waals surface area contributed by atoms with E-state index in [0.717, 1.165) is 0 Å². The van der Waals surface area contributed by atoms with Crippen LogP contribution in [0.15, 0.2) is 0 Å². The summed E-state index contributed by atoms with van der Waals surface area (Å²) < 4.78 is 37.8. The molecule has 0 aromatic rings. The van der Waals surface area contributed by atoms with Crippen molar-refractivity contribution in [3.8, 4) is 0 Å². The van der Waals surface area contributed by atoms with Crippen molar-refractivity contribution in [2.75, 3.05) is 85.1 Å². The molecular formula is C50H112N3O6P2+5. The number of hydrogen-bond acceptors (Lipinski definition) is 6. The molecule has 0 spiro atoms. The van der Waals surface area contributed by atoms with E-state index >= 15 is 0 Å². The molecule has 1 heterocycles. The second kappa shape index (κ2) is 46.4. The second-order valence-corrected chi connectivity index (χ2v) is 20.3. The summed E-state index contributed by atoms with van der Waals surface area (Å²) in [6.07, 6.45) is 32.1. The SMILES string of the molecule is CCCC[N+](CCCC)(CCCC)CCCC.CCCC[N+](CCCC)(CCCC)CCCC.CCCC[N+](CCCC)(CCCC)CCCC.O=[P+]1OC(CO)O[P+](=O)O1. The maximum atomic E-state index is 10.4. The molecule has 1 N–H and O–H groups in total. The van der Waals surface area contributed by atoms with E-state index in [9.17, 15) is 9.13 Å². The Morgan fingerprint density at radius 1 is 0.328 bits per heavy atom. The van der Waals surface area contributed by atoms with E-state index < -0.39 is 29.4 Å². The molecule has 368 valence electrons. The number of hydrogen-bond donors (Lipinski definition) is 1. The molecule has 0 aliphatic carbocycles. The Hall–Kier alpha value is -0.0800. The van der Waals surface area contributed by atoms with E-state index in [1.807, 2.05) is 0 Å². The Morgan fingerprint density at radius 3 is 0.590 bits per heavy atom. The first-order valence-electron chi connectivity index (χ1n) is 26.6. The van der Waals surface area contributed by atoms with E-state index in [1.54, 1.807) is 0 Å². The Morgan fingerprint density at radius 2 is 0.475 bits per heavy atom. The summed E-state index contributed by atoms with van der Waals surface area (Å²) in [6.45, 7) is 44.6. The Labute approximate surface area is 384 Å². The predicted molar refractivity (Wildman–Crippen MR) is 267 cm³/mol. The minimum Gasteiger partial charge on any atom is -0.391 e. The summed E-state index contributed by atoms with van der Waals surface area (Å²) in [7, 11) is -4.79. The molecule has 0 aromatic heterocycles. The van der Waals surface area contributed by atoms with Crippen LogP contribution in [0.1, 0.15) is 237 Å². The van der Waals surface area contributed by atoms with E-state index in [2.05, 4.69) is 96.4 Å². The smallest absolute Gasteiger partial charge is 0.391 e. The molecule has 1 saturated heterocycles. The topological polar surface area (TPSA) is 82.1 Å². The van der Waals surface area contributed by atoms with Gasteiger partial charge in [0, 0.05) is 9.13 Å².